The van der Waals surface area contributed by atoms with Crippen molar-refractivity contribution in [3.63, 3.8) is 0 Å². The van der Waals surface area contributed by atoms with Crippen LogP contribution in [0.2, 0.25) is 0 Å². The van der Waals surface area contributed by atoms with E-state index in [1.54, 1.807) is 19.2 Å². The van der Waals surface area contributed by atoms with E-state index in [2.05, 4.69) is 0 Å². The van der Waals surface area contributed by atoms with Crippen LogP contribution in [0.4, 0.5) is 11.4 Å². The number of carbonyl (C=O) groups is 1. The first-order valence-electron chi connectivity index (χ1n) is 6.46. The van der Waals surface area contributed by atoms with Crippen molar-refractivity contribution >= 4 is 17.2 Å². The van der Waals surface area contributed by atoms with E-state index in [1.807, 2.05) is 11.0 Å². The van der Waals surface area contributed by atoms with Crippen molar-refractivity contribution in [2.24, 2.45) is 0 Å². The molecule has 0 N–H and O–H groups in total. The summed E-state index contributed by atoms with van der Waals surface area (Å²) in [6.45, 7) is 0. The lowest BCUT2D eigenvalue weighted by molar-refractivity contribution is -0.384. The first kappa shape index (κ1) is 14.0. The van der Waals surface area contributed by atoms with Crippen LogP contribution in [-0.2, 0) is 4.79 Å². The van der Waals surface area contributed by atoms with Gasteiger partial charge in [-0.3, -0.25) is 14.9 Å². The first-order valence-corrected chi connectivity index (χ1v) is 6.46. The molecule has 20 heavy (non-hydrogen) atoms. The summed E-state index contributed by atoms with van der Waals surface area (Å²) in [6, 6.07) is 6.50. The summed E-state index contributed by atoms with van der Waals surface area (Å²) in [5.41, 5.74) is 0.699. The third-order valence-electron chi connectivity index (χ3n) is 3.74. The molecule has 1 aliphatic rings. The van der Waals surface area contributed by atoms with Crippen LogP contribution in [0.15, 0.2) is 18.2 Å². The van der Waals surface area contributed by atoms with Crippen molar-refractivity contribution in [2.45, 2.75) is 31.7 Å². The van der Waals surface area contributed by atoms with E-state index < -0.39 is 4.92 Å². The zero-order chi connectivity index (χ0) is 14.7. The molecule has 0 amide bonds. The van der Waals surface area contributed by atoms with Gasteiger partial charge in [-0.25, -0.2) is 0 Å². The van der Waals surface area contributed by atoms with Gasteiger partial charge in [0, 0.05) is 32.0 Å². The number of anilines is 1. The average Bonchev–Trinajstić information content (AvgIpc) is 2.46. The van der Waals surface area contributed by atoms with Gasteiger partial charge in [-0.2, -0.15) is 5.26 Å². The highest BCUT2D eigenvalue weighted by Crippen LogP contribution is 2.32. The molecule has 1 aromatic carbocycles. The molecule has 0 heterocycles. The van der Waals surface area contributed by atoms with Gasteiger partial charge in [0.1, 0.15) is 11.5 Å². The maximum Gasteiger partial charge on any atom is 0.293 e. The summed E-state index contributed by atoms with van der Waals surface area (Å²) in [5, 5.41) is 20.0. The van der Waals surface area contributed by atoms with Gasteiger partial charge >= 0.3 is 0 Å². The van der Waals surface area contributed by atoms with Gasteiger partial charge in [0.15, 0.2) is 0 Å². The van der Waals surface area contributed by atoms with E-state index >= 15 is 0 Å². The number of nitro benzene ring substituents is 1. The SMILES string of the molecule is CN(c1ccc(C#N)cc1[N+](=O)[O-])C1CCC(=O)CC1. The van der Waals surface area contributed by atoms with E-state index in [-0.39, 0.29) is 23.1 Å². The molecule has 0 spiro atoms. The Morgan fingerprint density at radius 2 is 2.05 bits per heavy atom. The number of Topliss-reactive ketones (excluding diaryl/α,β-unsaturated/α-hetero) is 1. The number of nitrogens with zero attached hydrogens (tertiary/aromatic N) is 3. The molecule has 1 saturated carbocycles. The summed E-state index contributed by atoms with van der Waals surface area (Å²) in [4.78, 5) is 23.8. The molecule has 104 valence electrons. The van der Waals surface area contributed by atoms with Gasteiger partial charge in [-0.1, -0.05) is 0 Å². The van der Waals surface area contributed by atoms with Crippen LogP contribution in [0.3, 0.4) is 0 Å². The van der Waals surface area contributed by atoms with Crippen molar-refractivity contribution in [3.05, 3.63) is 33.9 Å². The maximum absolute atomic E-state index is 11.3. The Labute approximate surface area is 116 Å². The monoisotopic (exact) mass is 273 g/mol. The molecule has 1 aromatic rings. The van der Waals surface area contributed by atoms with Crippen molar-refractivity contribution in [1.82, 2.24) is 0 Å². The van der Waals surface area contributed by atoms with E-state index in [1.165, 1.54) is 6.07 Å². The fourth-order valence-electron chi connectivity index (χ4n) is 2.55. The standard InChI is InChI=1S/C14H15N3O3/c1-16(11-3-5-12(18)6-4-11)13-7-2-10(9-15)8-14(13)17(19)20/h2,7-8,11H,3-6H2,1H3. The minimum atomic E-state index is -0.472. The zero-order valence-electron chi connectivity index (χ0n) is 11.2. The van der Waals surface area contributed by atoms with Gasteiger partial charge in [0.25, 0.3) is 5.69 Å². The number of rotatable bonds is 3. The molecule has 6 nitrogen and oxygen atoms in total. The Hall–Kier alpha value is -2.42. The molecule has 0 atom stereocenters. The molecule has 1 aliphatic carbocycles. The lowest BCUT2D eigenvalue weighted by atomic mass is 9.93. The summed E-state index contributed by atoms with van der Waals surface area (Å²) < 4.78 is 0. The van der Waals surface area contributed by atoms with Crippen molar-refractivity contribution < 1.29 is 9.72 Å². The van der Waals surface area contributed by atoms with E-state index in [0.717, 1.165) is 0 Å². The smallest absolute Gasteiger partial charge is 0.293 e. The fraction of sp³-hybridized carbons (Fsp3) is 0.429. The van der Waals surface area contributed by atoms with E-state index in [9.17, 15) is 14.9 Å². The van der Waals surface area contributed by atoms with Crippen molar-refractivity contribution in [1.29, 1.82) is 5.26 Å². The summed E-state index contributed by atoms with van der Waals surface area (Å²) in [7, 11) is 1.80. The summed E-state index contributed by atoms with van der Waals surface area (Å²) in [5.74, 6) is 0.254. The third kappa shape index (κ3) is 2.77. The molecule has 0 bridgehead atoms. The molecule has 2 rings (SSSR count). The average molecular weight is 273 g/mol. The van der Waals surface area contributed by atoms with E-state index in [0.29, 0.717) is 31.4 Å². The number of carbonyl (C=O) groups excluding carboxylic acids is 1. The summed E-state index contributed by atoms with van der Waals surface area (Å²) in [6.07, 6.45) is 2.48. The van der Waals surface area contributed by atoms with Gasteiger partial charge in [-0.15, -0.1) is 0 Å². The van der Waals surface area contributed by atoms with Crippen LogP contribution in [0.25, 0.3) is 0 Å². The van der Waals surface area contributed by atoms with Crippen molar-refractivity contribution in [3.8, 4) is 6.07 Å². The van der Waals surface area contributed by atoms with Crippen LogP contribution < -0.4 is 4.90 Å². The number of nitriles is 1. The molecule has 0 saturated heterocycles. The predicted octanol–water partition coefficient (Wildman–Crippen LogP) is 2.41. The Balaban J connectivity index is 2.29. The number of nitro groups is 1. The lowest BCUT2D eigenvalue weighted by Crippen LogP contribution is -2.35. The third-order valence-corrected chi connectivity index (χ3v) is 3.74. The normalized spacial score (nSPS) is 15.7. The molecular weight excluding hydrogens is 258 g/mol. The van der Waals surface area contributed by atoms with Crippen LogP contribution in [0.5, 0.6) is 0 Å². The van der Waals surface area contributed by atoms with Gasteiger partial charge < -0.3 is 4.90 Å². The Morgan fingerprint density at radius 3 is 2.60 bits per heavy atom. The molecule has 0 radical (unpaired) electrons. The first-order chi connectivity index (χ1) is 9.52. The summed E-state index contributed by atoms with van der Waals surface area (Å²) >= 11 is 0. The second-order valence-electron chi connectivity index (χ2n) is 4.95. The zero-order valence-corrected chi connectivity index (χ0v) is 11.2. The highest BCUT2D eigenvalue weighted by atomic mass is 16.6. The number of benzene rings is 1. The van der Waals surface area contributed by atoms with Gasteiger partial charge in [0.05, 0.1) is 16.6 Å². The second-order valence-corrected chi connectivity index (χ2v) is 4.95. The topological polar surface area (TPSA) is 87.2 Å². The molecule has 1 fully saturated rings. The Bertz CT molecular complexity index is 582. The minimum absolute atomic E-state index is 0.0663. The molecule has 0 unspecified atom stereocenters. The quantitative estimate of drug-likeness (QED) is 0.623. The highest BCUT2D eigenvalue weighted by molar-refractivity contribution is 5.79. The Morgan fingerprint density at radius 1 is 1.40 bits per heavy atom. The fourth-order valence-corrected chi connectivity index (χ4v) is 2.55. The highest BCUT2D eigenvalue weighted by Gasteiger charge is 2.26. The molecular formula is C14H15N3O3. The molecule has 6 heteroatoms. The van der Waals surface area contributed by atoms with Gasteiger partial charge in [-0.05, 0) is 25.0 Å². The number of hydrogen-bond donors (Lipinski definition) is 0. The number of ketones is 1. The van der Waals surface area contributed by atoms with Crippen LogP contribution in [0, 0.1) is 21.4 Å². The minimum Gasteiger partial charge on any atom is -0.366 e. The van der Waals surface area contributed by atoms with Crippen LogP contribution in [0.1, 0.15) is 31.2 Å². The second kappa shape index (κ2) is 5.70. The van der Waals surface area contributed by atoms with Crippen molar-refractivity contribution in [2.75, 3.05) is 11.9 Å². The van der Waals surface area contributed by atoms with Crippen LogP contribution >= 0.6 is 0 Å². The maximum atomic E-state index is 11.3. The van der Waals surface area contributed by atoms with Gasteiger partial charge in [0.2, 0.25) is 0 Å². The number of hydrogen-bond acceptors (Lipinski definition) is 5. The Kier molecular flexibility index (Phi) is 3.99. The molecule has 0 aromatic heterocycles. The largest absolute Gasteiger partial charge is 0.366 e. The lowest BCUT2D eigenvalue weighted by Gasteiger charge is -2.32. The molecule has 0 aliphatic heterocycles. The predicted molar refractivity (Wildman–Crippen MR) is 73.5 cm³/mol. The van der Waals surface area contributed by atoms with Crippen LogP contribution in [-0.4, -0.2) is 23.8 Å². The van der Waals surface area contributed by atoms with E-state index in [4.69, 9.17) is 5.26 Å².